The summed E-state index contributed by atoms with van der Waals surface area (Å²) in [6.07, 6.45) is 3.14. The number of hydrogen-bond donors (Lipinski definition) is 2. The van der Waals surface area contributed by atoms with E-state index in [2.05, 4.69) is 34.4 Å². The van der Waals surface area contributed by atoms with Gasteiger partial charge in [-0.15, -0.1) is 0 Å². The second-order valence-corrected chi connectivity index (χ2v) is 12.0. The van der Waals surface area contributed by atoms with Crippen molar-refractivity contribution in [3.8, 4) is 5.69 Å². The van der Waals surface area contributed by atoms with Crippen molar-refractivity contribution in [2.45, 2.75) is 50.2 Å². The zero-order valence-corrected chi connectivity index (χ0v) is 24.9. The first-order valence-electron chi connectivity index (χ1n) is 14.0. The molecule has 1 aliphatic rings. The highest BCUT2D eigenvalue weighted by Gasteiger charge is 2.41. The van der Waals surface area contributed by atoms with Gasteiger partial charge < -0.3 is 15.3 Å². The second kappa shape index (κ2) is 12.4. The average molecular weight is 592 g/mol. The molecule has 214 valence electrons. The van der Waals surface area contributed by atoms with Crippen LogP contribution in [0.25, 0.3) is 5.69 Å². The maximum absolute atomic E-state index is 12.2. The lowest BCUT2D eigenvalue weighted by Crippen LogP contribution is -2.53. The fourth-order valence-corrected chi connectivity index (χ4v) is 6.35. The molecule has 1 fully saturated rings. The van der Waals surface area contributed by atoms with Crippen LogP contribution in [0.1, 0.15) is 56.0 Å². The molecule has 5 rings (SSSR count). The molecule has 2 N–H and O–H groups in total. The number of para-hydroxylation sites is 1. The number of aromatic nitrogens is 2. The molecule has 1 saturated heterocycles. The first-order chi connectivity index (χ1) is 19.7. The van der Waals surface area contributed by atoms with E-state index < -0.39 is 11.5 Å². The number of hydrogen-bond acceptors (Lipinski definition) is 4. The van der Waals surface area contributed by atoms with E-state index in [-0.39, 0.29) is 11.4 Å². The Hall–Kier alpha value is -3.16. The Morgan fingerprint density at radius 2 is 1.66 bits per heavy atom. The SMILES string of the molecule is CC(=O)NC1(c2ccccc2)CCN(CCC(C)(c2ccc(Cl)c(Cl)c2)C(O)c2ccnn2-c2ccccc2)CC1. The molecule has 1 amide bonds. The summed E-state index contributed by atoms with van der Waals surface area (Å²) in [5, 5.41) is 20.8. The number of carbonyl (C=O) groups excluding carboxylic acids is 1. The van der Waals surface area contributed by atoms with E-state index in [9.17, 15) is 9.90 Å². The summed E-state index contributed by atoms with van der Waals surface area (Å²) in [4.78, 5) is 14.6. The Kier molecular flexibility index (Phi) is 8.85. The average Bonchev–Trinajstić information content (AvgIpc) is 3.48. The Morgan fingerprint density at radius 3 is 2.29 bits per heavy atom. The smallest absolute Gasteiger partial charge is 0.217 e. The van der Waals surface area contributed by atoms with Crippen molar-refractivity contribution in [3.63, 3.8) is 0 Å². The number of amides is 1. The zero-order chi connectivity index (χ0) is 29.0. The van der Waals surface area contributed by atoms with Gasteiger partial charge in [0.2, 0.25) is 5.91 Å². The third-order valence-corrected chi connectivity index (χ3v) is 9.27. The highest BCUT2D eigenvalue weighted by atomic mass is 35.5. The van der Waals surface area contributed by atoms with Gasteiger partial charge in [0.15, 0.2) is 0 Å². The largest absolute Gasteiger partial charge is 0.386 e. The summed E-state index contributed by atoms with van der Waals surface area (Å²) in [6, 6.07) is 27.5. The van der Waals surface area contributed by atoms with Crippen molar-refractivity contribution in [2.75, 3.05) is 19.6 Å². The Labute approximate surface area is 251 Å². The molecule has 2 unspecified atom stereocenters. The number of nitrogens with one attached hydrogen (secondary N) is 1. The van der Waals surface area contributed by atoms with Crippen LogP contribution in [0.15, 0.2) is 91.1 Å². The van der Waals surface area contributed by atoms with Gasteiger partial charge in [0, 0.05) is 31.6 Å². The van der Waals surface area contributed by atoms with Crippen LogP contribution < -0.4 is 5.32 Å². The van der Waals surface area contributed by atoms with Crippen molar-refractivity contribution in [1.82, 2.24) is 20.0 Å². The van der Waals surface area contributed by atoms with Gasteiger partial charge >= 0.3 is 0 Å². The Bertz CT molecular complexity index is 1470. The molecule has 1 aromatic heterocycles. The third-order valence-electron chi connectivity index (χ3n) is 8.53. The van der Waals surface area contributed by atoms with E-state index in [0.29, 0.717) is 22.2 Å². The molecule has 8 heteroatoms. The van der Waals surface area contributed by atoms with Gasteiger partial charge in [-0.2, -0.15) is 5.10 Å². The number of nitrogens with zero attached hydrogens (tertiary/aromatic N) is 3. The number of likely N-dealkylation sites (tertiary alicyclic amines) is 1. The van der Waals surface area contributed by atoms with E-state index in [0.717, 1.165) is 49.3 Å². The quantitative estimate of drug-likeness (QED) is 0.228. The van der Waals surface area contributed by atoms with Crippen LogP contribution in [-0.4, -0.2) is 45.3 Å². The standard InChI is InChI=1S/C33H36Cl2N4O2/c1-24(40)37-33(25-9-5-3-6-10-25)17-21-38(22-18-33)20-16-32(2,26-13-14-28(34)29(35)23-26)31(41)30-15-19-36-39(30)27-11-7-4-8-12-27/h3-15,19,23,31,41H,16-18,20-22H2,1-2H3,(H,37,40). The van der Waals surface area contributed by atoms with Gasteiger partial charge in [0.05, 0.1) is 27.0 Å². The summed E-state index contributed by atoms with van der Waals surface area (Å²) in [7, 11) is 0. The summed E-state index contributed by atoms with van der Waals surface area (Å²) < 4.78 is 1.79. The minimum absolute atomic E-state index is 0.0207. The molecule has 0 bridgehead atoms. The maximum atomic E-state index is 12.2. The van der Waals surface area contributed by atoms with Gasteiger partial charge in [0.1, 0.15) is 6.10 Å². The van der Waals surface area contributed by atoms with Gasteiger partial charge in [-0.25, -0.2) is 4.68 Å². The molecule has 2 heterocycles. The fraction of sp³-hybridized carbons (Fsp3) is 0.333. The number of aliphatic hydroxyl groups is 1. The normalized spacial score (nSPS) is 17.5. The lowest BCUT2D eigenvalue weighted by atomic mass is 9.73. The van der Waals surface area contributed by atoms with Crippen LogP contribution in [0.3, 0.4) is 0 Å². The highest BCUT2D eigenvalue weighted by Crippen LogP contribution is 2.43. The number of aliphatic hydroxyl groups excluding tert-OH is 1. The van der Waals surface area contributed by atoms with Crippen molar-refractivity contribution >= 4 is 29.1 Å². The fourth-order valence-electron chi connectivity index (χ4n) is 6.05. The minimum Gasteiger partial charge on any atom is -0.386 e. The van der Waals surface area contributed by atoms with Gasteiger partial charge in [-0.1, -0.05) is 84.7 Å². The van der Waals surface area contributed by atoms with Gasteiger partial charge in [-0.3, -0.25) is 4.79 Å². The zero-order valence-electron chi connectivity index (χ0n) is 23.4. The second-order valence-electron chi connectivity index (χ2n) is 11.2. The molecular weight excluding hydrogens is 555 g/mol. The first-order valence-corrected chi connectivity index (χ1v) is 14.8. The maximum Gasteiger partial charge on any atom is 0.217 e. The number of halogens is 2. The molecule has 0 aliphatic carbocycles. The lowest BCUT2D eigenvalue weighted by Gasteiger charge is -2.44. The number of rotatable bonds is 9. The van der Waals surface area contributed by atoms with E-state index in [1.807, 2.05) is 66.7 Å². The monoisotopic (exact) mass is 590 g/mol. The molecule has 0 saturated carbocycles. The van der Waals surface area contributed by atoms with Crippen molar-refractivity contribution in [2.24, 2.45) is 0 Å². The molecular formula is C33H36Cl2N4O2. The van der Waals surface area contributed by atoms with Crippen LogP contribution in [0, 0.1) is 0 Å². The molecule has 0 radical (unpaired) electrons. The van der Waals surface area contributed by atoms with Gasteiger partial charge in [0.25, 0.3) is 0 Å². The molecule has 4 aromatic rings. The molecule has 6 nitrogen and oxygen atoms in total. The summed E-state index contributed by atoms with van der Waals surface area (Å²) in [6.45, 7) is 6.07. The van der Waals surface area contributed by atoms with Gasteiger partial charge in [-0.05, 0) is 67.3 Å². The lowest BCUT2D eigenvalue weighted by molar-refractivity contribution is -0.121. The number of carbonyl (C=O) groups is 1. The van der Waals surface area contributed by atoms with Crippen LogP contribution in [0.5, 0.6) is 0 Å². The predicted octanol–water partition coefficient (Wildman–Crippen LogP) is 6.69. The molecule has 2 atom stereocenters. The Balaban J connectivity index is 1.40. The number of piperidine rings is 1. The van der Waals surface area contributed by atoms with Crippen molar-refractivity contribution < 1.29 is 9.90 Å². The van der Waals surface area contributed by atoms with E-state index in [1.54, 1.807) is 23.9 Å². The Morgan fingerprint density at radius 1 is 1.00 bits per heavy atom. The molecule has 0 spiro atoms. The highest BCUT2D eigenvalue weighted by molar-refractivity contribution is 6.42. The molecule has 1 aliphatic heterocycles. The first kappa shape index (κ1) is 29.3. The predicted molar refractivity (Wildman–Crippen MR) is 165 cm³/mol. The van der Waals surface area contributed by atoms with Crippen LogP contribution in [0.4, 0.5) is 0 Å². The number of benzene rings is 3. The van der Waals surface area contributed by atoms with Crippen molar-refractivity contribution in [3.05, 3.63) is 118 Å². The summed E-state index contributed by atoms with van der Waals surface area (Å²) in [5.41, 5.74) is 2.57. The summed E-state index contributed by atoms with van der Waals surface area (Å²) in [5.74, 6) is -0.0207. The third kappa shape index (κ3) is 6.21. The topological polar surface area (TPSA) is 70.4 Å². The van der Waals surface area contributed by atoms with E-state index >= 15 is 0 Å². The molecule has 41 heavy (non-hydrogen) atoms. The molecule has 3 aromatic carbocycles. The van der Waals surface area contributed by atoms with E-state index in [4.69, 9.17) is 23.2 Å². The summed E-state index contributed by atoms with van der Waals surface area (Å²) >= 11 is 12.8. The minimum atomic E-state index is -0.866. The van der Waals surface area contributed by atoms with E-state index in [1.165, 1.54) is 0 Å². The van der Waals surface area contributed by atoms with Crippen molar-refractivity contribution in [1.29, 1.82) is 0 Å². The van der Waals surface area contributed by atoms with Crippen LogP contribution >= 0.6 is 23.2 Å². The van der Waals surface area contributed by atoms with Crippen LogP contribution in [-0.2, 0) is 15.7 Å². The van der Waals surface area contributed by atoms with Crippen LogP contribution in [0.2, 0.25) is 10.0 Å².